The molecular formula is C17H21ClN2O. The van der Waals surface area contributed by atoms with Gasteiger partial charge in [-0.15, -0.1) is 0 Å². The third-order valence-corrected chi connectivity index (χ3v) is 3.58. The van der Waals surface area contributed by atoms with Gasteiger partial charge in [0.2, 0.25) is 0 Å². The van der Waals surface area contributed by atoms with Crippen molar-refractivity contribution in [3.63, 3.8) is 0 Å². The first kappa shape index (κ1) is 15.6. The van der Waals surface area contributed by atoms with Crippen molar-refractivity contribution in [2.45, 2.75) is 32.8 Å². The van der Waals surface area contributed by atoms with Crippen LogP contribution in [0.3, 0.4) is 0 Å². The number of nitrogens with zero attached hydrogens (tertiary/aromatic N) is 1. The molecule has 3 nitrogen and oxygen atoms in total. The van der Waals surface area contributed by atoms with Crippen molar-refractivity contribution in [3.05, 3.63) is 52.7 Å². The van der Waals surface area contributed by atoms with Crippen molar-refractivity contribution in [1.82, 2.24) is 4.98 Å². The summed E-state index contributed by atoms with van der Waals surface area (Å²) >= 11 is 6.18. The van der Waals surface area contributed by atoms with Crippen molar-refractivity contribution in [3.8, 4) is 5.75 Å². The van der Waals surface area contributed by atoms with Gasteiger partial charge < -0.3 is 10.1 Å². The molecule has 1 N–H and O–H groups in total. The van der Waals surface area contributed by atoms with E-state index < -0.39 is 0 Å². The lowest BCUT2D eigenvalue weighted by atomic mass is 9.86. The highest BCUT2D eigenvalue weighted by Crippen LogP contribution is 2.31. The van der Waals surface area contributed by atoms with Crippen LogP contribution in [-0.2, 0) is 12.0 Å². The summed E-state index contributed by atoms with van der Waals surface area (Å²) in [4.78, 5) is 4.43. The fourth-order valence-corrected chi connectivity index (χ4v) is 2.24. The largest absolute Gasteiger partial charge is 0.487 e. The van der Waals surface area contributed by atoms with E-state index in [1.165, 1.54) is 5.56 Å². The maximum atomic E-state index is 6.18. The standard InChI is InChI=1S/C17H21ClN2O/c1-17(2,3)12-7-5-6-8-15(12)21-11-14-13(18)9-10-16(19-4)20-14/h5-10H,11H2,1-4H3,(H,19,20). The number of anilines is 1. The molecule has 0 amide bonds. The number of benzene rings is 1. The normalized spacial score (nSPS) is 11.3. The number of aromatic nitrogens is 1. The summed E-state index contributed by atoms with van der Waals surface area (Å²) in [5, 5.41) is 3.62. The van der Waals surface area contributed by atoms with Crippen LogP contribution in [0.15, 0.2) is 36.4 Å². The third-order valence-electron chi connectivity index (χ3n) is 3.23. The summed E-state index contributed by atoms with van der Waals surface area (Å²) in [5.74, 6) is 1.65. The minimum absolute atomic E-state index is 0.0284. The summed E-state index contributed by atoms with van der Waals surface area (Å²) in [6.07, 6.45) is 0. The Labute approximate surface area is 131 Å². The van der Waals surface area contributed by atoms with Crippen molar-refractivity contribution >= 4 is 17.4 Å². The number of hydrogen-bond acceptors (Lipinski definition) is 3. The van der Waals surface area contributed by atoms with Crippen molar-refractivity contribution < 1.29 is 4.74 Å². The van der Waals surface area contributed by atoms with Crippen LogP contribution in [0.4, 0.5) is 5.82 Å². The number of halogens is 1. The molecule has 0 bridgehead atoms. The molecule has 1 aromatic heterocycles. The maximum Gasteiger partial charge on any atom is 0.132 e. The van der Waals surface area contributed by atoms with E-state index >= 15 is 0 Å². The predicted octanol–water partition coefficient (Wildman–Crippen LogP) is 4.65. The monoisotopic (exact) mass is 304 g/mol. The molecule has 2 aromatic rings. The average Bonchev–Trinajstić information content (AvgIpc) is 2.46. The zero-order valence-electron chi connectivity index (χ0n) is 12.9. The lowest BCUT2D eigenvalue weighted by Crippen LogP contribution is -2.13. The van der Waals surface area contributed by atoms with Crippen LogP contribution >= 0.6 is 11.6 Å². The lowest BCUT2D eigenvalue weighted by Gasteiger charge is -2.22. The quantitative estimate of drug-likeness (QED) is 0.892. The van der Waals surface area contributed by atoms with Crippen LogP contribution in [0.25, 0.3) is 0 Å². The van der Waals surface area contributed by atoms with Crippen LogP contribution < -0.4 is 10.1 Å². The molecule has 0 saturated heterocycles. The molecule has 1 aromatic carbocycles. The number of rotatable bonds is 4. The van der Waals surface area contributed by atoms with E-state index in [0.717, 1.165) is 17.3 Å². The molecule has 112 valence electrons. The van der Waals surface area contributed by atoms with E-state index in [2.05, 4.69) is 37.1 Å². The molecule has 1 heterocycles. The first-order valence-electron chi connectivity index (χ1n) is 6.97. The molecule has 2 rings (SSSR count). The number of nitrogens with one attached hydrogen (secondary N) is 1. The first-order valence-corrected chi connectivity index (χ1v) is 7.35. The summed E-state index contributed by atoms with van der Waals surface area (Å²) < 4.78 is 5.96. The molecular weight excluding hydrogens is 284 g/mol. The second kappa shape index (κ2) is 6.35. The molecule has 0 spiro atoms. The minimum atomic E-state index is 0.0284. The van der Waals surface area contributed by atoms with Gasteiger partial charge in [0.25, 0.3) is 0 Å². The van der Waals surface area contributed by atoms with E-state index in [4.69, 9.17) is 16.3 Å². The third kappa shape index (κ3) is 3.88. The fourth-order valence-electron chi connectivity index (χ4n) is 2.08. The molecule has 0 aliphatic heterocycles. The lowest BCUT2D eigenvalue weighted by molar-refractivity contribution is 0.293. The number of pyridine rings is 1. The highest BCUT2D eigenvalue weighted by molar-refractivity contribution is 6.31. The SMILES string of the molecule is CNc1ccc(Cl)c(COc2ccccc2C(C)(C)C)n1. The van der Waals surface area contributed by atoms with Gasteiger partial charge in [-0.2, -0.15) is 0 Å². The number of para-hydroxylation sites is 1. The second-order valence-electron chi connectivity index (χ2n) is 5.91. The van der Waals surface area contributed by atoms with Gasteiger partial charge in [-0.1, -0.05) is 50.6 Å². The Morgan fingerprint density at radius 2 is 1.86 bits per heavy atom. The summed E-state index contributed by atoms with van der Waals surface area (Å²) in [7, 11) is 1.83. The highest BCUT2D eigenvalue weighted by Gasteiger charge is 2.18. The van der Waals surface area contributed by atoms with Gasteiger partial charge in [-0.05, 0) is 29.2 Å². The predicted molar refractivity (Wildman–Crippen MR) is 88.3 cm³/mol. The van der Waals surface area contributed by atoms with Gasteiger partial charge in [0, 0.05) is 7.05 Å². The summed E-state index contributed by atoms with van der Waals surface area (Å²) in [6, 6.07) is 11.7. The molecule has 0 aliphatic rings. The van der Waals surface area contributed by atoms with Gasteiger partial charge in [-0.25, -0.2) is 4.98 Å². The molecule has 0 saturated carbocycles. The summed E-state index contributed by atoms with van der Waals surface area (Å²) in [6.45, 7) is 6.85. The Hall–Kier alpha value is -1.74. The van der Waals surface area contributed by atoms with E-state index in [0.29, 0.717) is 11.6 Å². The van der Waals surface area contributed by atoms with Gasteiger partial charge in [0.15, 0.2) is 0 Å². The molecule has 0 radical (unpaired) electrons. The first-order chi connectivity index (χ1) is 9.91. The Morgan fingerprint density at radius 1 is 1.14 bits per heavy atom. The van der Waals surface area contributed by atoms with Gasteiger partial charge in [0.1, 0.15) is 18.2 Å². The number of hydrogen-bond donors (Lipinski definition) is 1. The topological polar surface area (TPSA) is 34.1 Å². The van der Waals surface area contributed by atoms with E-state index in [-0.39, 0.29) is 5.41 Å². The van der Waals surface area contributed by atoms with Crippen LogP contribution in [0, 0.1) is 0 Å². The van der Waals surface area contributed by atoms with Crippen molar-refractivity contribution in [2.24, 2.45) is 0 Å². The van der Waals surface area contributed by atoms with Gasteiger partial charge in [-0.3, -0.25) is 0 Å². The minimum Gasteiger partial charge on any atom is -0.487 e. The van der Waals surface area contributed by atoms with Crippen LogP contribution in [0.1, 0.15) is 32.0 Å². The van der Waals surface area contributed by atoms with Crippen LogP contribution in [0.5, 0.6) is 5.75 Å². The molecule has 0 atom stereocenters. The Kier molecular flexibility index (Phi) is 4.73. The Bertz CT molecular complexity index is 620. The summed E-state index contributed by atoms with van der Waals surface area (Å²) in [5.41, 5.74) is 1.93. The zero-order valence-corrected chi connectivity index (χ0v) is 13.7. The molecule has 0 unspecified atom stereocenters. The van der Waals surface area contributed by atoms with E-state index in [1.54, 1.807) is 0 Å². The van der Waals surface area contributed by atoms with Crippen LogP contribution in [-0.4, -0.2) is 12.0 Å². The highest BCUT2D eigenvalue weighted by atomic mass is 35.5. The van der Waals surface area contributed by atoms with Crippen molar-refractivity contribution in [1.29, 1.82) is 0 Å². The molecule has 0 fully saturated rings. The molecule has 21 heavy (non-hydrogen) atoms. The second-order valence-corrected chi connectivity index (χ2v) is 6.32. The number of ether oxygens (including phenoxy) is 1. The maximum absolute atomic E-state index is 6.18. The van der Waals surface area contributed by atoms with E-state index in [1.807, 2.05) is 37.4 Å². The fraction of sp³-hybridized carbons (Fsp3) is 0.353. The zero-order chi connectivity index (χ0) is 15.5. The Balaban J connectivity index is 2.21. The Morgan fingerprint density at radius 3 is 2.52 bits per heavy atom. The van der Waals surface area contributed by atoms with E-state index in [9.17, 15) is 0 Å². The molecule has 4 heteroatoms. The van der Waals surface area contributed by atoms with Crippen LogP contribution in [0.2, 0.25) is 5.02 Å². The van der Waals surface area contributed by atoms with Crippen molar-refractivity contribution in [2.75, 3.05) is 12.4 Å². The average molecular weight is 305 g/mol. The van der Waals surface area contributed by atoms with Gasteiger partial charge >= 0.3 is 0 Å². The molecule has 0 aliphatic carbocycles. The smallest absolute Gasteiger partial charge is 0.132 e. The van der Waals surface area contributed by atoms with Gasteiger partial charge in [0.05, 0.1) is 10.7 Å².